The Balaban J connectivity index is 2.28. The van der Waals surface area contributed by atoms with E-state index in [4.69, 9.17) is 0 Å². The number of carbonyl (C=O) groups excluding carboxylic acids is 2. The van der Waals surface area contributed by atoms with E-state index in [0.29, 0.717) is 12.8 Å². The number of hydrogen-bond donors (Lipinski definition) is 0. The third-order valence-electron chi connectivity index (χ3n) is 2.91. The van der Waals surface area contributed by atoms with Crippen LogP contribution in [0.1, 0.15) is 31.2 Å². The molecule has 22 heavy (non-hydrogen) atoms. The fourth-order valence-corrected chi connectivity index (χ4v) is 2.75. The molecule has 1 rings (SSSR count). The number of methoxy groups -OCH3 is 1. The lowest BCUT2D eigenvalue weighted by Gasteiger charge is -2.06. The molecule has 0 N–H and O–H groups in total. The van der Waals surface area contributed by atoms with Crippen molar-refractivity contribution in [2.24, 2.45) is 0 Å². The van der Waals surface area contributed by atoms with Crippen LogP contribution >= 0.6 is 0 Å². The molecule has 7 heteroatoms. The van der Waals surface area contributed by atoms with Crippen molar-refractivity contribution in [3.63, 3.8) is 0 Å². The van der Waals surface area contributed by atoms with Gasteiger partial charge < -0.3 is 8.92 Å². The van der Waals surface area contributed by atoms with Crippen LogP contribution < -0.4 is 0 Å². The predicted octanol–water partition coefficient (Wildman–Crippen LogP) is 1.84. The van der Waals surface area contributed by atoms with Gasteiger partial charge in [0.1, 0.15) is 0 Å². The molecular formula is C15H20O6S. The second-order valence-electron chi connectivity index (χ2n) is 4.74. The van der Waals surface area contributed by atoms with Gasteiger partial charge in [-0.3, -0.25) is 9.59 Å². The summed E-state index contributed by atoms with van der Waals surface area (Å²) < 4.78 is 32.2. The molecular weight excluding hydrogens is 308 g/mol. The maximum absolute atomic E-state index is 11.6. The minimum Gasteiger partial charge on any atom is -0.469 e. The van der Waals surface area contributed by atoms with Gasteiger partial charge in [-0.05, 0) is 24.8 Å². The molecule has 1 aromatic rings. The Morgan fingerprint density at radius 2 is 1.64 bits per heavy atom. The first-order valence-corrected chi connectivity index (χ1v) is 8.56. The average Bonchev–Trinajstić information content (AvgIpc) is 2.47. The number of benzene rings is 1. The highest BCUT2D eigenvalue weighted by atomic mass is 32.2. The molecule has 0 aliphatic carbocycles. The fourth-order valence-electron chi connectivity index (χ4n) is 1.80. The third kappa shape index (κ3) is 7.78. The predicted molar refractivity (Wildman–Crippen MR) is 80.5 cm³/mol. The first-order chi connectivity index (χ1) is 10.4. The second kappa shape index (κ2) is 9.19. The molecule has 0 radical (unpaired) electrons. The summed E-state index contributed by atoms with van der Waals surface area (Å²) in [5.74, 6) is -1.51. The smallest absolute Gasteiger partial charge is 0.322 e. The van der Waals surface area contributed by atoms with E-state index >= 15 is 0 Å². The van der Waals surface area contributed by atoms with Crippen molar-refractivity contribution in [3.05, 3.63) is 35.9 Å². The molecule has 0 amide bonds. The molecule has 0 fully saturated rings. The standard InChI is InChI=1S/C15H20O6S/c1-20-14(16)10-5-11-15(17)21-22(18,19)12-6-9-13-7-3-2-4-8-13/h2-4,7-8H,5-6,9-12H2,1H3. The van der Waals surface area contributed by atoms with Gasteiger partial charge in [0, 0.05) is 12.8 Å². The molecule has 0 heterocycles. The lowest BCUT2D eigenvalue weighted by atomic mass is 10.1. The van der Waals surface area contributed by atoms with E-state index in [1.807, 2.05) is 30.3 Å². The van der Waals surface area contributed by atoms with Crippen molar-refractivity contribution in [2.75, 3.05) is 12.9 Å². The van der Waals surface area contributed by atoms with Crippen molar-refractivity contribution in [2.45, 2.75) is 32.1 Å². The first kappa shape index (κ1) is 18.2. The molecule has 6 nitrogen and oxygen atoms in total. The summed E-state index contributed by atoms with van der Waals surface area (Å²) in [7, 11) is -2.63. The first-order valence-electron chi connectivity index (χ1n) is 6.98. The summed E-state index contributed by atoms with van der Waals surface area (Å²) in [4.78, 5) is 22.3. The van der Waals surface area contributed by atoms with E-state index in [0.717, 1.165) is 5.56 Å². The van der Waals surface area contributed by atoms with Crippen LogP contribution in [0.4, 0.5) is 0 Å². The van der Waals surface area contributed by atoms with Gasteiger partial charge in [0.05, 0.1) is 12.9 Å². The van der Waals surface area contributed by atoms with E-state index in [2.05, 4.69) is 8.92 Å². The zero-order chi connectivity index (χ0) is 16.4. The Hall–Kier alpha value is -1.89. The van der Waals surface area contributed by atoms with Gasteiger partial charge in [-0.25, -0.2) is 0 Å². The summed E-state index contributed by atoms with van der Waals surface area (Å²) in [6.45, 7) is 0. The van der Waals surface area contributed by atoms with Crippen LogP contribution in [0.5, 0.6) is 0 Å². The normalized spacial score (nSPS) is 11.0. The number of carbonyl (C=O) groups is 2. The highest BCUT2D eigenvalue weighted by Crippen LogP contribution is 2.07. The Morgan fingerprint density at radius 3 is 2.27 bits per heavy atom. The third-order valence-corrected chi connectivity index (χ3v) is 4.14. The maximum Gasteiger partial charge on any atom is 0.322 e. The minimum atomic E-state index is -3.87. The Labute approximate surface area is 130 Å². The van der Waals surface area contributed by atoms with E-state index in [9.17, 15) is 18.0 Å². The number of rotatable bonds is 9. The Morgan fingerprint density at radius 1 is 1.00 bits per heavy atom. The fraction of sp³-hybridized carbons (Fsp3) is 0.467. The van der Waals surface area contributed by atoms with Gasteiger partial charge in [-0.15, -0.1) is 0 Å². The minimum absolute atomic E-state index is 0.0552. The highest BCUT2D eigenvalue weighted by molar-refractivity contribution is 7.87. The number of esters is 1. The molecule has 0 aliphatic rings. The van der Waals surface area contributed by atoms with Gasteiger partial charge in [0.2, 0.25) is 0 Å². The van der Waals surface area contributed by atoms with Gasteiger partial charge in [0.15, 0.2) is 0 Å². The van der Waals surface area contributed by atoms with E-state index < -0.39 is 22.1 Å². The van der Waals surface area contributed by atoms with Crippen molar-refractivity contribution >= 4 is 22.1 Å². The van der Waals surface area contributed by atoms with Crippen LogP contribution in [0.15, 0.2) is 30.3 Å². The van der Waals surface area contributed by atoms with Gasteiger partial charge >= 0.3 is 22.1 Å². The molecule has 0 bridgehead atoms. The van der Waals surface area contributed by atoms with E-state index in [1.165, 1.54) is 7.11 Å². The molecule has 0 unspecified atom stereocenters. The van der Waals surface area contributed by atoms with Crippen molar-refractivity contribution in [1.29, 1.82) is 0 Å². The molecule has 0 saturated heterocycles. The Kier molecular flexibility index (Phi) is 7.59. The lowest BCUT2D eigenvalue weighted by Crippen LogP contribution is -2.17. The van der Waals surface area contributed by atoms with E-state index in [1.54, 1.807) is 0 Å². The quantitative estimate of drug-likeness (QED) is 0.508. The van der Waals surface area contributed by atoms with E-state index in [-0.39, 0.29) is 25.0 Å². The molecule has 0 spiro atoms. The molecule has 0 saturated carbocycles. The number of hydrogen-bond acceptors (Lipinski definition) is 6. The molecule has 0 aromatic heterocycles. The summed E-state index contributed by atoms with van der Waals surface area (Å²) in [6, 6.07) is 9.46. The SMILES string of the molecule is COC(=O)CCCC(=O)OS(=O)(=O)CCCc1ccccc1. The molecule has 122 valence electrons. The average molecular weight is 328 g/mol. The van der Waals surface area contributed by atoms with Crippen LogP contribution in [0.25, 0.3) is 0 Å². The number of aryl methyl sites for hydroxylation is 1. The zero-order valence-corrected chi connectivity index (χ0v) is 13.3. The highest BCUT2D eigenvalue weighted by Gasteiger charge is 2.17. The van der Waals surface area contributed by atoms with Crippen LogP contribution in [0.2, 0.25) is 0 Å². The van der Waals surface area contributed by atoms with Gasteiger partial charge in [-0.2, -0.15) is 8.42 Å². The van der Waals surface area contributed by atoms with Crippen molar-refractivity contribution < 1.29 is 26.9 Å². The largest absolute Gasteiger partial charge is 0.469 e. The molecule has 0 aliphatic heterocycles. The lowest BCUT2D eigenvalue weighted by molar-refractivity contribution is -0.141. The van der Waals surface area contributed by atoms with Crippen molar-refractivity contribution in [1.82, 2.24) is 0 Å². The summed E-state index contributed by atoms with van der Waals surface area (Å²) >= 11 is 0. The molecule has 0 atom stereocenters. The zero-order valence-electron chi connectivity index (χ0n) is 12.5. The Bertz CT molecular complexity index is 579. The topological polar surface area (TPSA) is 86.7 Å². The maximum atomic E-state index is 11.6. The van der Waals surface area contributed by atoms with Gasteiger partial charge in [0.25, 0.3) is 0 Å². The van der Waals surface area contributed by atoms with Crippen LogP contribution in [0.3, 0.4) is 0 Å². The number of ether oxygens (including phenoxy) is 1. The van der Waals surface area contributed by atoms with Crippen LogP contribution in [-0.2, 0) is 35.0 Å². The summed E-state index contributed by atoms with van der Waals surface area (Å²) in [5, 5.41) is 0. The van der Waals surface area contributed by atoms with Crippen LogP contribution in [-0.4, -0.2) is 33.2 Å². The monoisotopic (exact) mass is 328 g/mol. The summed E-state index contributed by atoms with van der Waals surface area (Å²) in [5.41, 5.74) is 1.03. The van der Waals surface area contributed by atoms with Crippen LogP contribution in [0, 0.1) is 0 Å². The van der Waals surface area contributed by atoms with Crippen molar-refractivity contribution in [3.8, 4) is 0 Å². The van der Waals surface area contributed by atoms with Gasteiger partial charge in [-0.1, -0.05) is 30.3 Å². The second-order valence-corrected chi connectivity index (χ2v) is 6.43. The molecule has 1 aromatic carbocycles. The summed E-state index contributed by atoms with van der Waals surface area (Å²) in [6.07, 6.45) is 1.10.